The molecule has 2 unspecified atom stereocenters. The third kappa shape index (κ3) is 6.95. The molecule has 0 saturated carbocycles. The number of alkyl halides is 3. The summed E-state index contributed by atoms with van der Waals surface area (Å²) < 4.78 is 72.7. The first-order chi connectivity index (χ1) is 21.1. The molecule has 0 aliphatic carbocycles. The van der Waals surface area contributed by atoms with Gasteiger partial charge in [-0.2, -0.15) is 23.1 Å². The molecule has 3 atom stereocenters. The number of hydrogen-bond donors (Lipinski definition) is 4. The molecule has 2 aliphatic heterocycles. The zero-order valence-corrected chi connectivity index (χ0v) is 25.7. The third-order valence-corrected chi connectivity index (χ3v) is 9.74. The number of sulfonamides is 1. The van der Waals surface area contributed by atoms with Crippen LogP contribution in [0.3, 0.4) is 0 Å². The van der Waals surface area contributed by atoms with Gasteiger partial charge in [0.15, 0.2) is 0 Å². The lowest BCUT2D eigenvalue weighted by Gasteiger charge is -2.43. The van der Waals surface area contributed by atoms with Gasteiger partial charge >= 0.3 is 12.1 Å². The second-order valence-corrected chi connectivity index (χ2v) is 13.3. The summed E-state index contributed by atoms with van der Waals surface area (Å²) in [6, 6.07) is 9.53. The molecule has 2 aliphatic rings. The number of primary sulfonamides is 1. The number of halogens is 4. The highest BCUT2D eigenvalue weighted by molar-refractivity contribution is 7.89. The Morgan fingerprint density at radius 3 is 2.42 bits per heavy atom. The molecule has 2 fully saturated rings. The number of rotatable bonds is 8. The van der Waals surface area contributed by atoms with Crippen molar-refractivity contribution in [3.8, 4) is 17.0 Å². The van der Waals surface area contributed by atoms with Gasteiger partial charge in [-0.25, -0.2) is 13.6 Å². The third-order valence-electron chi connectivity index (χ3n) is 8.58. The quantitative estimate of drug-likeness (QED) is 0.267. The molecule has 0 amide bonds. The Morgan fingerprint density at radius 2 is 1.84 bits per heavy atom. The van der Waals surface area contributed by atoms with E-state index in [0.29, 0.717) is 32.4 Å². The Kier molecular flexibility index (Phi) is 8.92. The van der Waals surface area contributed by atoms with Crippen molar-refractivity contribution in [2.75, 3.05) is 23.7 Å². The molecule has 11 nitrogen and oxygen atoms in total. The fraction of sp³-hybridized carbons (Fsp3) is 0.414. The van der Waals surface area contributed by atoms with Crippen molar-refractivity contribution >= 4 is 39.4 Å². The minimum Gasteiger partial charge on any atom is -0.480 e. The van der Waals surface area contributed by atoms with Gasteiger partial charge in [0.1, 0.15) is 11.9 Å². The predicted molar refractivity (Wildman–Crippen MR) is 161 cm³/mol. The number of hydrogen-bond acceptors (Lipinski definition) is 9. The van der Waals surface area contributed by atoms with Gasteiger partial charge in [0.25, 0.3) is 0 Å². The number of nitrogen functional groups attached to an aromatic ring is 1. The van der Waals surface area contributed by atoms with Gasteiger partial charge < -0.3 is 25.8 Å². The summed E-state index contributed by atoms with van der Waals surface area (Å²) in [5.41, 5.74) is 5.73. The van der Waals surface area contributed by atoms with Gasteiger partial charge in [0.2, 0.25) is 28.0 Å². The second kappa shape index (κ2) is 12.3. The molecule has 0 radical (unpaired) electrons. The van der Waals surface area contributed by atoms with Crippen molar-refractivity contribution in [1.29, 1.82) is 0 Å². The van der Waals surface area contributed by atoms with Crippen LogP contribution in [0.1, 0.15) is 44.3 Å². The highest BCUT2D eigenvalue weighted by Gasteiger charge is 2.50. The van der Waals surface area contributed by atoms with E-state index in [4.69, 9.17) is 27.2 Å². The average molecular weight is 669 g/mol. The van der Waals surface area contributed by atoms with E-state index in [2.05, 4.69) is 15.3 Å². The molecule has 3 aromatic rings. The molecule has 6 N–H and O–H groups in total. The number of nitrogens with one attached hydrogen (secondary N) is 1. The highest BCUT2D eigenvalue weighted by Crippen LogP contribution is 2.46. The lowest BCUT2D eigenvalue weighted by atomic mass is 9.71. The summed E-state index contributed by atoms with van der Waals surface area (Å²) >= 11 is 6.15. The largest absolute Gasteiger partial charge is 0.480 e. The van der Waals surface area contributed by atoms with Crippen molar-refractivity contribution in [2.24, 2.45) is 10.6 Å². The van der Waals surface area contributed by atoms with Gasteiger partial charge in [-0.3, -0.25) is 4.79 Å². The predicted octanol–water partition coefficient (Wildman–Crippen LogP) is 4.52. The minimum absolute atomic E-state index is 0.0344. The van der Waals surface area contributed by atoms with E-state index < -0.39 is 40.2 Å². The fourth-order valence-corrected chi connectivity index (χ4v) is 7.07. The Hall–Kier alpha value is -3.66. The molecule has 2 aromatic carbocycles. The molecule has 0 bridgehead atoms. The first-order valence-corrected chi connectivity index (χ1v) is 16.1. The lowest BCUT2D eigenvalue weighted by Crippen LogP contribution is -2.46. The summed E-state index contributed by atoms with van der Waals surface area (Å²) in [5, 5.41) is 18.1. The minimum atomic E-state index is -4.91. The van der Waals surface area contributed by atoms with Crippen LogP contribution in [0.15, 0.2) is 53.4 Å². The van der Waals surface area contributed by atoms with E-state index >= 15 is 0 Å². The standard InChI is InChI=1S/C29H32ClF3N6O5S/c1-2-22-28(15-21(36-22)26(40)41)9-11-39(12-10-28)23-14-24(38-27(34)37-23)44-25(29(31,32)33)19-8-5-17(30)13-20(19)16-3-6-18(7-4-16)45(35,42)43/h3-8,13-14,21-22,25,36H,2,9-12,15H2,1H3,(H,40,41)(H2,34,37,38)(H2,35,42,43)/t21?,22?,25-/m1/s1. The molecule has 1 aromatic heterocycles. The van der Waals surface area contributed by atoms with Crippen LogP contribution in [0.5, 0.6) is 5.88 Å². The summed E-state index contributed by atoms with van der Waals surface area (Å²) in [4.78, 5) is 21.5. The number of carbonyl (C=O) groups is 1. The molecule has 5 rings (SSSR count). The van der Waals surface area contributed by atoms with Crippen LogP contribution in [0.4, 0.5) is 24.9 Å². The molecule has 2 saturated heterocycles. The highest BCUT2D eigenvalue weighted by atomic mass is 35.5. The summed E-state index contributed by atoms with van der Waals surface area (Å²) in [7, 11) is -4.02. The fourth-order valence-electron chi connectivity index (χ4n) is 6.38. The molecule has 16 heteroatoms. The van der Waals surface area contributed by atoms with Crippen LogP contribution in [0.2, 0.25) is 5.02 Å². The number of anilines is 2. The molecular formula is C29H32ClF3N6O5S. The average Bonchev–Trinajstić information content (AvgIpc) is 3.33. The maximum absolute atomic E-state index is 14.6. The number of ether oxygens (including phenoxy) is 1. The number of nitrogens with zero attached hydrogens (tertiary/aromatic N) is 3. The van der Waals surface area contributed by atoms with Crippen LogP contribution in [-0.4, -0.2) is 60.8 Å². The van der Waals surface area contributed by atoms with Crippen LogP contribution in [0.25, 0.3) is 11.1 Å². The summed E-state index contributed by atoms with van der Waals surface area (Å²) in [6.07, 6.45) is -4.83. The zero-order chi connectivity index (χ0) is 32.7. The molecule has 45 heavy (non-hydrogen) atoms. The van der Waals surface area contributed by atoms with Crippen LogP contribution in [-0.2, 0) is 14.8 Å². The first kappa shape index (κ1) is 32.7. The van der Waals surface area contributed by atoms with Gasteiger partial charge in [0, 0.05) is 35.8 Å². The van der Waals surface area contributed by atoms with Crippen molar-refractivity contribution in [2.45, 2.75) is 61.9 Å². The normalized spacial score (nSPS) is 20.7. The number of nitrogens with two attached hydrogens (primary N) is 2. The Balaban J connectivity index is 1.42. The van der Waals surface area contributed by atoms with Crippen molar-refractivity contribution in [3.63, 3.8) is 0 Å². The molecular weight excluding hydrogens is 637 g/mol. The second-order valence-electron chi connectivity index (χ2n) is 11.3. The Bertz CT molecular complexity index is 1680. The number of piperidine rings is 1. The summed E-state index contributed by atoms with van der Waals surface area (Å²) in [5.74, 6) is -1.28. The summed E-state index contributed by atoms with van der Waals surface area (Å²) in [6.45, 7) is 2.98. The topological polar surface area (TPSA) is 174 Å². The molecule has 1 spiro atoms. The van der Waals surface area contributed by atoms with Crippen LogP contribution in [0, 0.1) is 5.41 Å². The zero-order valence-electron chi connectivity index (χ0n) is 24.1. The number of benzene rings is 2. The lowest BCUT2D eigenvalue weighted by molar-refractivity contribution is -0.198. The van der Waals surface area contributed by atoms with E-state index in [9.17, 15) is 31.5 Å². The van der Waals surface area contributed by atoms with Gasteiger partial charge in [0.05, 0.1) is 4.90 Å². The monoisotopic (exact) mass is 668 g/mol. The Labute approximate surface area is 262 Å². The maximum Gasteiger partial charge on any atom is 0.429 e. The van der Waals surface area contributed by atoms with Crippen molar-refractivity contribution < 1.29 is 36.2 Å². The number of carboxylic acids is 1. The first-order valence-electron chi connectivity index (χ1n) is 14.1. The van der Waals surface area contributed by atoms with E-state index in [1.165, 1.54) is 48.5 Å². The number of aliphatic carboxylic acids is 1. The van der Waals surface area contributed by atoms with Crippen molar-refractivity contribution in [3.05, 3.63) is 59.1 Å². The van der Waals surface area contributed by atoms with Gasteiger partial charge in [-0.15, -0.1) is 0 Å². The van der Waals surface area contributed by atoms with E-state index in [-0.39, 0.29) is 49.8 Å². The van der Waals surface area contributed by atoms with E-state index in [1.807, 2.05) is 11.8 Å². The molecule has 3 heterocycles. The van der Waals surface area contributed by atoms with E-state index in [0.717, 1.165) is 6.42 Å². The number of carboxylic acid groups (broad SMARTS) is 1. The molecule has 242 valence electrons. The number of aromatic nitrogens is 2. The SMILES string of the molecule is CCC1NC(C(=O)O)CC12CCN(c1cc(O[C@H](c3ccc(Cl)cc3-c3ccc(S(N)(=O)=O)cc3)C(F)(F)F)nc(N)n1)CC2. The maximum atomic E-state index is 14.6. The van der Waals surface area contributed by atoms with Crippen LogP contribution < -0.4 is 25.8 Å². The van der Waals surface area contributed by atoms with Gasteiger partial charge in [-0.05, 0) is 66.5 Å². The van der Waals surface area contributed by atoms with Crippen molar-refractivity contribution in [1.82, 2.24) is 15.3 Å². The Morgan fingerprint density at radius 1 is 1.18 bits per heavy atom. The van der Waals surface area contributed by atoms with Crippen LogP contribution >= 0.6 is 11.6 Å². The van der Waals surface area contributed by atoms with Gasteiger partial charge in [-0.1, -0.05) is 36.7 Å². The smallest absolute Gasteiger partial charge is 0.429 e. The van der Waals surface area contributed by atoms with E-state index in [1.54, 1.807) is 0 Å².